The topological polar surface area (TPSA) is 109 Å². The smallest absolute Gasteiger partial charge is 0.171 e. The van der Waals surface area contributed by atoms with Crippen molar-refractivity contribution in [3.63, 3.8) is 0 Å². The molecule has 0 spiro atoms. The second-order valence-electron chi connectivity index (χ2n) is 16.7. The molecule has 8 bridgehead atoms. The van der Waals surface area contributed by atoms with Gasteiger partial charge in [0.05, 0.1) is 43.8 Å². The van der Waals surface area contributed by atoms with Gasteiger partial charge in [-0.25, -0.2) is 82.6 Å². The fourth-order valence-electron chi connectivity index (χ4n) is 8.84. The Labute approximate surface area is 378 Å². The van der Waals surface area contributed by atoms with Gasteiger partial charge in [0, 0.05) is 22.3 Å². The number of H-pyrrole nitrogens is 2. The highest BCUT2D eigenvalue weighted by Gasteiger charge is 2.37. The number of nitrogens with one attached hydrogen (secondary N) is 2. The first kappa shape index (κ1) is 46.5. The van der Waals surface area contributed by atoms with Gasteiger partial charge in [-0.2, -0.15) is 0 Å². The first-order valence-electron chi connectivity index (χ1n) is 22.2. The molecular weight excluding hydrogens is 917 g/mol. The molecule has 20 heteroatoms. The Kier molecular flexibility index (Phi) is 12.2. The van der Waals surface area contributed by atoms with Gasteiger partial charge in [-0.3, -0.25) is 0 Å². The van der Waals surface area contributed by atoms with Crippen molar-refractivity contribution >= 4 is 44.1 Å². The van der Waals surface area contributed by atoms with E-state index < -0.39 is 182 Å². The summed E-state index contributed by atoms with van der Waals surface area (Å²) in [5.74, 6) is -22.8. The standard InChI is InChI=1S/C48H38F12N8/c1-5-9-13-17-29(49)21-25(37(57)33(17)53)45-61-41(21)65-46-26-22(30(50)18(14-10-6-2)34(54)38(26)58)43(62-46)67-48-28-24(32(52)20(16-12-8-4)36(56)40(28)60)44(64-48)68-47-27-23(42(63-47)66-45)31(51)19(15-11-7-3)35(55)39(27)59/h5-16H2,1-4H3,(H2,61,62,63,64,65,66,67,68). The fraction of sp³-hybridized carbons (Fsp3) is 0.333. The van der Waals surface area contributed by atoms with Gasteiger partial charge in [-0.1, -0.05) is 53.4 Å². The highest BCUT2D eigenvalue weighted by Crippen LogP contribution is 2.45. The van der Waals surface area contributed by atoms with E-state index >= 15 is 52.7 Å². The number of halogens is 12. The molecule has 0 fully saturated rings. The Morgan fingerprint density at radius 3 is 0.794 bits per heavy atom. The van der Waals surface area contributed by atoms with E-state index in [2.05, 4.69) is 39.9 Å². The summed E-state index contributed by atoms with van der Waals surface area (Å²) in [5, 5.41) is -3.65. The van der Waals surface area contributed by atoms with Gasteiger partial charge in [0.25, 0.3) is 0 Å². The number of hydrogen-bond donors (Lipinski definition) is 2. The minimum atomic E-state index is -1.72. The fourth-order valence-corrected chi connectivity index (χ4v) is 8.84. The van der Waals surface area contributed by atoms with E-state index in [1.165, 1.54) is 0 Å². The van der Waals surface area contributed by atoms with E-state index in [1.54, 1.807) is 27.7 Å². The molecule has 3 aromatic heterocycles. The minimum Gasteiger partial charge on any atom is -0.324 e. The van der Waals surface area contributed by atoms with Gasteiger partial charge in [0.1, 0.15) is 45.9 Å². The number of rotatable bonds is 12. The van der Waals surface area contributed by atoms with Crippen molar-refractivity contribution in [2.45, 2.75) is 105 Å². The second-order valence-corrected chi connectivity index (χ2v) is 16.7. The van der Waals surface area contributed by atoms with Crippen LogP contribution in [0.5, 0.6) is 0 Å². The maximum Gasteiger partial charge on any atom is 0.171 e. The van der Waals surface area contributed by atoms with Crippen LogP contribution >= 0.6 is 0 Å². The van der Waals surface area contributed by atoms with Crippen molar-refractivity contribution in [3.8, 4) is 45.6 Å². The second kappa shape index (κ2) is 17.8. The summed E-state index contributed by atoms with van der Waals surface area (Å²) < 4.78 is 197. The zero-order valence-corrected chi connectivity index (χ0v) is 36.7. The number of aromatic nitrogens is 8. The Hall–Kier alpha value is -6.60. The first-order chi connectivity index (χ1) is 32.6. The lowest BCUT2D eigenvalue weighted by atomic mass is 9.98. The molecule has 0 radical (unpaired) electrons. The van der Waals surface area contributed by atoms with Crippen LogP contribution in [0.25, 0.3) is 89.7 Å². The van der Waals surface area contributed by atoms with Gasteiger partial charge in [-0.05, 0) is 51.4 Å². The van der Waals surface area contributed by atoms with Crippen molar-refractivity contribution in [1.82, 2.24) is 39.9 Å². The molecule has 5 heterocycles. The van der Waals surface area contributed by atoms with Gasteiger partial charge in [-0.15, -0.1) is 0 Å². The van der Waals surface area contributed by atoms with Crippen LogP contribution in [0.15, 0.2) is 0 Å². The van der Waals surface area contributed by atoms with Gasteiger partial charge >= 0.3 is 0 Å². The van der Waals surface area contributed by atoms with Crippen LogP contribution < -0.4 is 0 Å². The SMILES string of the molecule is CCCCc1c(F)c(F)c2c(c1F)-c1nc-2nc2[nH]c(nc3nc(nc4[nH]c(n1)c1c(F)c(F)c(CCCC)c(F)c41)-c1c(F)c(F)c(CCCC)c(F)c1-3)c1c(F)c(F)c(CCCC)c(F)c21. The number of aromatic amines is 2. The van der Waals surface area contributed by atoms with E-state index in [-0.39, 0.29) is 51.4 Å². The number of hydrogen-bond acceptors (Lipinski definition) is 6. The molecule has 0 unspecified atom stereocenters. The lowest BCUT2D eigenvalue weighted by molar-refractivity contribution is 0.481. The monoisotopic (exact) mass is 954 g/mol. The van der Waals surface area contributed by atoms with Crippen LogP contribution in [0.3, 0.4) is 0 Å². The van der Waals surface area contributed by atoms with Crippen molar-refractivity contribution in [2.24, 2.45) is 0 Å². The lowest BCUT2D eigenvalue weighted by Gasteiger charge is -2.11. The van der Waals surface area contributed by atoms with Gasteiger partial charge < -0.3 is 9.97 Å². The van der Waals surface area contributed by atoms with Crippen molar-refractivity contribution < 1.29 is 52.7 Å². The van der Waals surface area contributed by atoms with Crippen molar-refractivity contribution in [3.05, 3.63) is 92.1 Å². The molecular formula is C48H38F12N8. The maximum atomic E-state index is 16.8. The molecule has 2 aliphatic rings. The molecule has 7 aromatic rings. The van der Waals surface area contributed by atoms with E-state index in [4.69, 9.17) is 0 Å². The average molecular weight is 955 g/mol. The number of nitrogens with zero attached hydrogens (tertiary/aromatic N) is 6. The Morgan fingerprint density at radius 1 is 0.279 bits per heavy atom. The first-order valence-corrected chi connectivity index (χ1v) is 22.2. The molecule has 0 atom stereocenters. The van der Waals surface area contributed by atoms with Crippen LogP contribution in [-0.4, -0.2) is 39.9 Å². The van der Waals surface area contributed by atoms with Crippen LogP contribution in [0, 0.1) is 69.8 Å². The van der Waals surface area contributed by atoms with Crippen LogP contribution in [-0.2, 0) is 25.7 Å². The molecule has 0 amide bonds. The number of unbranched alkanes of at least 4 members (excludes halogenated alkanes) is 4. The third kappa shape index (κ3) is 7.06. The predicted octanol–water partition coefficient (Wildman–Crippen LogP) is 13.9. The zero-order chi connectivity index (χ0) is 48.6. The Balaban J connectivity index is 1.55. The summed E-state index contributed by atoms with van der Waals surface area (Å²) >= 11 is 0. The zero-order valence-electron chi connectivity index (χ0n) is 36.7. The molecule has 2 N–H and O–H groups in total. The molecule has 2 aliphatic heterocycles. The molecule has 68 heavy (non-hydrogen) atoms. The minimum absolute atomic E-state index is 0.163. The summed E-state index contributed by atoms with van der Waals surface area (Å²) in [6.07, 6.45) is 0.896. The third-order valence-corrected chi connectivity index (χ3v) is 12.4. The van der Waals surface area contributed by atoms with E-state index in [9.17, 15) is 0 Å². The van der Waals surface area contributed by atoms with Crippen LogP contribution in [0.4, 0.5) is 52.7 Å². The molecule has 4 aromatic carbocycles. The molecule has 0 aliphatic carbocycles. The lowest BCUT2D eigenvalue weighted by Crippen LogP contribution is -2.04. The number of fused-ring (bicyclic) bond motifs is 20. The van der Waals surface area contributed by atoms with Crippen molar-refractivity contribution in [1.29, 1.82) is 0 Å². The summed E-state index contributed by atoms with van der Waals surface area (Å²) in [7, 11) is 0. The maximum absolute atomic E-state index is 16.8. The predicted molar refractivity (Wildman–Crippen MR) is 230 cm³/mol. The molecule has 0 saturated heterocycles. The normalized spacial score (nSPS) is 12.2. The van der Waals surface area contributed by atoms with Gasteiger partial charge in [0.15, 0.2) is 69.8 Å². The summed E-state index contributed by atoms with van der Waals surface area (Å²) in [5.41, 5.74) is -10.1. The van der Waals surface area contributed by atoms with Crippen LogP contribution in [0.1, 0.15) is 101 Å². The summed E-state index contributed by atoms with van der Waals surface area (Å²) in [4.78, 5) is 30.0. The summed E-state index contributed by atoms with van der Waals surface area (Å²) in [6.45, 7) is 6.81. The summed E-state index contributed by atoms with van der Waals surface area (Å²) in [6, 6.07) is 0. The van der Waals surface area contributed by atoms with Crippen molar-refractivity contribution in [2.75, 3.05) is 0 Å². The Bertz CT molecular complexity index is 3230. The molecule has 8 nitrogen and oxygen atoms in total. The third-order valence-electron chi connectivity index (χ3n) is 12.4. The Morgan fingerprint density at radius 2 is 0.515 bits per heavy atom. The average Bonchev–Trinajstić information content (AvgIpc) is 4.07. The highest BCUT2D eigenvalue weighted by molar-refractivity contribution is 6.07. The number of benzene rings is 4. The van der Waals surface area contributed by atoms with E-state index in [1.807, 2.05) is 0 Å². The van der Waals surface area contributed by atoms with Gasteiger partial charge in [0.2, 0.25) is 0 Å². The highest BCUT2D eigenvalue weighted by atomic mass is 19.2. The van der Waals surface area contributed by atoms with Crippen LogP contribution in [0.2, 0.25) is 0 Å². The molecule has 9 rings (SSSR count). The molecule has 354 valence electrons. The molecule has 0 saturated carbocycles. The van der Waals surface area contributed by atoms with E-state index in [0.29, 0.717) is 25.7 Å². The quantitative estimate of drug-likeness (QED) is 0.0933. The largest absolute Gasteiger partial charge is 0.324 e. The van der Waals surface area contributed by atoms with E-state index in [0.717, 1.165) is 0 Å².